The molecule has 1 aromatic rings. The highest BCUT2D eigenvalue weighted by Gasteiger charge is 2.26. The second-order valence-corrected chi connectivity index (χ2v) is 6.20. The molecule has 0 bridgehead atoms. The van der Waals surface area contributed by atoms with E-state index in [0.717, 1.165) is 19.4 Å². The first-order chi connectivity index (χ1) is 10.5. The van der Waals surface area contributed by atoms with E-state index in [2.05, 4.69) is 10.2 Å². The van der Waals surface area contributed by atoms with Crippen LogP contribution in [0.1, 0.15) is 26.2 Å². The summed E-state index contributed by atoms with van der Waals surface area (Å²) in [5, 5.41) is 3.36. The number of benzene rings is 1. The fraction of sp³-hybridized carbons (Fsp3) is 0.562. The first-order valence-corrected chi connectivity index (χ1v) is 8.02. The fourth-order valence-corrected chi connectivity index (χ4v) is 3.20. The topological polar surface area (TPSA) is 67.6 Å². The summed E-state index contributed by atoms with van der Waals surface area (Å²) in [4.78, 5) is 14.4. The normalized spacial score (nSPS) is 20.5. The van der Waals surface area contributed by atoms with E-state index in [1.165, 1.54) is 6.42 Å². The maximum atomic E-state index is 12.2. The molecule has 1 amide bonds. The van der Waals surface area contributed by atoms with Crippen LogP contribution in [0, 0.1) is 0 Å². The van der Waals surface area contributed by atoms with Gasteiger partial charge in [-0.2, -0.15) is 0 Å². The zero-order chi connectivity index (χ0) is 16.1. The lowest BCUT2D eigenvalue weighted by atomic mass is 9.97. The van der Waals surface area contributed by atoms with Crippen molar-refractivity contribution in [3.8, 4) is 5.75 Å². The molecule has 5 nitrogen and oxygen atoms in total. The highest BCUT2D eigenvalue weighted by molar-refractivity contribution is 6.32. The van der Waals surface area contributed by atoms with E-state index in [4.69, 9.17) is 22.1 Å². The molecule has 0 aromatic heterocycles. The summed E-state index contributed by atoms with van der Waals surface area (Å²) < 4.78 is 5.10. The van der Waals surface area contributed by atoms with Gasteiger partial charge in [-0.15, -0.1) is 0 Å². The van der Waals surface area contributed by atoms with Crippen LogP contribution in [0.5, 0.6) is 5.75 Å². The third-order valence-corrected chi connectivity index (χ3v) is 4.35. The number of ether oxygens (including phenoxy) is 1. The number of nitrogens with zero attached hydrogens (tertiary/aromatic N) is 1. The lowest BCUT2D eigenvalue weighted by Gasteiger charge is -2.37. The summed E-state index contributed by atoms with van der Waals surface area (Å²) in [5.74, 6) is 0.543. The molecular weight excluding hydrogens is 302 g/mol. The molecule has 1 aliphatic rings. The van der Waals surface area contributed by atoms with Gasteiger partial charge >= 0.3 is 0 Å². The molecule has 0 radical (unpaired) electrons. The number of methoxy groups -OCH3 is 1. The Hall–Kier alpha value is -1.30. The summed E-state index contributed by atoms with van der Waals surface area (Å²) in [5.41, 5.74) is 6.70. The molecular formula is C16H24ClN3O2. The number of amides is 1. The van der Waals surface area contributed by atoms with Crippen LogP contribution < -0.4 is 15.8 Å². The number of anilines is 1. The summed E-state index contributed by atoms with van der Waals surface area (Å²) in [7, 11) is 1.56. The minimum Gasteiger partial charge on any atom is -0.495 e. The molecule has 1 aromatic carbocycles. The number of carbonyl (C=O) groups excluding carboxylic acids is 1. The predicted molar refractivity (Wildman–Crippen MR) is 89.5 cm³/mol. The lowest BCUT2D eigenvalue weighted by molar-refractivity contribution is -0.118. The van der Waals surface area contributed by atoms with Gasteiger partial charge in [-0.1, -0.05) is 18.0 Å². The molecule has 122 valence electrons. The van der Waals surface area contributed by atoms with E-state index in [1.54, 1.807) is 25.3 Å². The lowest BCUT2D eigenvalue weighted by Crippen LogP contribution is -2.51. The Labute approximate surface area is 136 Å². The average Bonchev–Trinajstić information content (AvgIpc) is 2.47. The van der Waals surface area contributed by atoms with E-state index in [-0.39, 0.29) is 18.0 Å². The van der Waals surface area contributed by atoms with Crippen LogP contribution in [0.15, 0.2) is 18.2 Å². The van der Waals surface area contributed by atoms with Crippen LogP contribution in [-0.2, 0) is 4.79 Å². The van der Waals surface area contributed by atoms with Gasteiger partial charge < -0.3 is 15.8 Å². The molecule has 3 N–H and O–H groups in total. The highest BCUT2D eigenvalue weighted by atomic mass is 35.5. The monoisotopic (exact) mass is 325 g/mol. The first-order valence-electron chi connectivity index (χ1n) is 7.64. The minimum absolute atomic E-state index is 0.0474. The summed E-state index contributed by atoms with van der Waals surface area (Å²) in [6.07, 6.45) is 3.35. The molecule has 0 spiro atoms. The number of halogens is 1. The third kappa shape index (κ3) is 4.35. The van der Waals surface area contributed by atoms with Gasteiger partial charge in [0.25, 0.3) is 0 Å². The number of nitrogens with two attached hydrogens (primary N) is 1. The Balaban J connectivity index is 1.95. The van der Waals surface area contributed by atoms with Crippen molar-refractivity contribution >= 4 is 23.2 Å². The molecule has 0 aliphatic carbocycles. The number of hydrogen-bond acceptors (Lipinski definition) is 4. The molecule has 2 unspecified atom stereocenters. The fourth-order valence-electron chi connectivity index (χ4n) is 2.94. The van der Waals surface area contributed by atoms with Crippen LogP contribution in [0.4, 0.5) is 5.69 Å². The number of carbonyl (C=O) groups is 1. The van der Waals surface area contributed by atoms with Crippen molar-refractivity contribution in [2.75, 3.05) is 25.5 Å². The highest BCUT2D eigenvalue weighted by Crippen LogP contribution is 2.27. The van der Waals surface area contributed by atoms with Crippen molar-refractivity contribution in [3.05, 3.63) is 23.2 Å². The molecule has 0 saturated carbocycles. The molecule has 1 aliphatic heterocycles. The Morgan fingerprint density at radius 2 is 2.32 bits per heavy atom. The summed E-state index contributed by atoms with van der Waals surface area (Å²) >= 11 is 6.07. The van der Waals surface area contributed by atoms with Gasteiger partial charge in [0.2, 0.25) is 5.91 Å². The van der Waals surface area contributed by atoms with Crippen molar-refractivity contribution < 1.29 is 9.53 Å². The molecule has 1 heterocycles. The van der Waals surface area contributed by atoms with Gasteiger partial charge in [0.15, 0.2) is 0 Å². The second-order valence-electron chi connectivity index (χ2n) is 5.79. The van der Waals surface area contributed by atoms with E-state index in [1.807, 2.05) is 6.92 Å². The maximum absolute atomic E-state index is 12.2. The van der Waals surface area contributed by atoms with Gasteiger partial charge in [-0.05, 0) is 44.5 Å². The van der Waals surface area contributed by atoms with Crippen molar-refractivity contribution in [3.63, 3.8) is 0 Å². The summed E-state index contributed by atoms with van der Waals surface area (Å²) in [6.45, 7) is 3.28. The molecule has 6 heteroatoms. The van der Waals surface area contributed by atoms with Crippen LogP contribution in [0.2, 0.25) is 5.02 Å². The molecule has 2 rings (SSSR count). The Kier molecular flexibility index (Phi) is 6.06. The van der Waals surface area contributed by atoms with Crippen LogP contribution in [0.25, 0.3) is 0 Å². The van der Waals surface area contributed by atoms with Crippen molar-refractivity contribution in [1.29, 1.82) is 0 Å². The molecule has 2 atom stereocenters. The van der Waals surface area contributed by atoms with Crippen LogP contribution in [-0.4, -0.2) is 43.1 Å². The van der Waals surface area contributed by atoms with Gasteiger partial charge in [0.1, 0.15) is 5.75 Å². The number of hydrogen-bond donors (Lipinski definition) is 2. The minimum atomic E-state index is -0.0474. The van der Waals surface area contributed by atoms with Crippen LogP contribution >= 0.6 is 11.6 Å². The Bertz CT molecular complexity index is 522. The number of rotatable bonds is 5. The largest absolute Gasteiger partial charge is 0.495 e. The van der Waals surface area contributed by atoms with Gasteiger partial charge in [-0.25, -0.2) is 0 Å². The molecule has 1 fully saturated rings. The van der Waals surface area contributed by atoms with Crippen molar-refractivity contribution in [2.45, 2.75) is 38.3 Å². The number of likely N-dealkylation sites (tertiary alicyclic amines) is 1. The van der Waals surface area contributed by atoms with Crippen LogP contribution in [0.3, 0.4) is 0 Å². The van der Waals surface area contributed by atoms with Crippen molar-refractivity contribution in [1.82, 2.24) is 4.90 Å². The zero-order valence-electron chi connectivity index (χ0n) is 13.1. The van der Waals surface area contributed by atoms with E-state index in [0.29, 0.717) is 23.0 Å². The Morgan fingerprint density at radius 1 is 1.55 bits per heavy atom. The Morgan fingerprint density at radius 3 is 2.95 bits per heavy atom. The number of nitrogens with one attached hydrogen (secondary N) is 1. The SMILES string of the molecule is COc1ccc(NC(=O)CN2CCCCC2C(C)N)cc1Cl. The quantitative estimate of drug-likeness (QED) is 0.872. The van der Waals surface area contributed by atoms with E-state index < -0.39 is 0 Å². The van der Waals surface area contributed by atoms with Gasteiger partial charge in [0.05, 0.1) is 18.7 Å². The first kappa shape index (κ1) is 17.1. The van der Waals surface area contributed by atoms with Gasteiger partial charge in [0, 0.05) is 17.8 Å². The summed E-state index contributed by atoms with van der Waals surface area (Å²) in [6, 6.07) is 5.56. The van der Waals surface area contributed by atoms with E-state index >= 15 is 0 Å². The zero-order valence-corrected chi connectivity index (χ0v) is 13.9. The standard InChI is InChI=1S/C16H24ClN3O2/c1-11(18)14-5-3-4-8-20(14)10-16(21)19-12-6-7-15(22-2)13(17)9-12/h6-7,9,11,14H,3-5,8,10,18H2,1-2H3,(H,19,21). The predicted octanol–water partition coefficient (Wildman–Crippen LogP) is 2.49. The molecule has 1 saturated heterocycles. The smallest absolute Gasteiger partial charge is 0.238 e. The molecule has 22 heavy (non-hydrogen) atoms. The third-order valence-electron chi connectivity index (χ3n) is 4.05. The number of piperidine rings is 1. The van der Waals surface area contributed by atoms with Crippen molar-refractivity contribution in [2.24, 2.45) is 5.73 Å². The van der Waals surface area contributed by atoms with Gasteiger partial charge in [-0.3, -0.25) is 9.69 Å². The van der Waals surface area contributed by atoms with E-state index in [9.17, 15) is 4.79 Å². The second kappa shape index (κ2) is 7.81. The average molecular weight is 326 g/mol. The maximum Gasteiger partial charge on any atom is 0.238 e.